The Labute approximate surface area is 248 Å². The van der Waals surface area contributed by atoms with Crippen molar-refractivity contribution in [1.82, 2.24) is 19.9 Å². The van der Waals surface area contributed by atoms with Crippen molar-refractivity contribution in [3.05, 3.63) is 118 Å². The first-order valence-electron chi connectivity index (χ1n) is 13.8. The van der Waals surface area contributed by atoms with Gasteiger partial charge in [0.25, 0.3) is 5.91 Å². The van der Waals surface area contributed by atoms with Crippen LogP contribution in [0, 0.1) is 5.41 Å². The summed E-state index contributed by atoms with van der Waals surface area (Å²) in [6.45, 7) is 3.03. The Hall–Kier alpha value is -4.96. The molecule has 0 aliphatic rings. The van der Waals surface area contributed by atoms with E-state index in [9.17, 15) is 4.79 Å². The highest BCUT2D eigenvalue weighted by Gasteiger charge is 2.18. The molecule has 2 heterocycles. The van der Waals surface area contributed by atoms with E-state index in [0.29, 0.717) is 24.3 Å². The summed E-state index contributed by atoms with van der Waals surface area (Å²) in [4.78, 5) is 22.0. The van der Waals surface area contributed by atoms with Crippen LogP contribution < -0.4 is 11.2 Å². The maximum atomic E-state index is 13.1. The van der Waals surface area contributed by atoms with Crippen LogP contribution in [-0.2, 0) is 19.5 Å². The van der Waals surface area contributed by atoms with Crippen LogP contribution in [0.5, 0.6) is 0 Å². The van der Waals surface area contributed by atoms with Crippen LogP contribution in [0.2, 0.25) is 0 Å². The zero-order valence-corrected chi connectivity index (χ0v) is 24.1. The van der Waals surface area contributed by atoms with Gasteiger partial charge in [-0.25, -0.2) is 9.97 Å². The number of imidazole rings is 1. The number of benzene rings is 3. The molecule has 5 rings (SSSR count). The summed E-state index contributed by atoms with van der Waals surface area (Å²) in [5.74, 6) is 5.96. The van der Waals surface area contributed by atoms with Crippen molar-refractivity contribution in [3.63, 3.8) is 0 Å². The summed E-state index contributed by atoms with van der Waals surface area (Å²) in [6.07, 6.45) is 6.21. The summed E-state index contributed by atoms with van der Waals surface area (Å²) in [6, 6.07) is 24.2. The predicted molar refractivity (Wildman–Crippen MR) is 166 cm³/mol. The van der Waals surface area contributed by atoms with Gasteiger partial charge in [-0.2, -0.15) is 0 Å². The quantitative estimate of drug-likeness (QED) is 0.0534. The lowest BCUT2D eigenvalue weighted by molar-refractivity contribution is 0.0941. The van der Waals surface area contributed by atoms with Gasteiger partial charge in [-0.1, -0.05) is 79.2 Å². The summed E-state index contributed by atoms with van der Waals surface area (Å²) in [7, 11) is 0. The Morgan fingerprint density at radius 1 is 1.02 bits per heavy atom. The predicted octanol–water partition coefficient (Wildman–Crippen LogP) is 6.65. The summed E-state index contributed by atoms with van der Waals surface area (Å²) in [5, 5.41) is 21.2. The maximum absolute atomic E-state index is 13.1. The van der Waals surface area contributed by atoms with Crippen molar-refractivity contribution < 1.29 is 4.79 Å². The van der Waals surface area contributed by atoms with Gasteiger partial charge in [0.1, 0.15) is 16.5 Å². The maximum Gasteiger partial charge on any atom is 0.269 e. The minimum atomic E-state index is -0.174. The zero-order chi connectivity index (χ0) is 29.3. The third-order valence-electron chi connectivity index (χ3n) is 6.95. The minimum absolute atomic E-state index is 0.0106. The molecule has 3 aromatic carbocycles. The van der Waals surface area contributed by atoms with Gasteiger partial charge in [0.15, 0.2) is 5.84 Å². The number of carbonyl (C=O) groups excluding carboxylic acids is 1. The van der Waals surface area contributed by atoms with E-state index in [1.807, 2.05) is 64.5 Å². The molecule has 2 aromatic heterocycles. The fourth-order valence-corrected chi connectivity index (χ4v) is 5.33. The van der Waals surface area contributed by atoms with Gasteiger partial charge in [-0.05, 0) is 46.4 Å². The number of amides is 1. The van der Waals surface area contributed by atoms with E-state index in [-0.39, 0.29) is 11.7 Å². The first kappa shape index (κ1) is 28.6. The van der Waals surface area contributed by atoms with E-state index in [1.54, 1.807) is 12.4 Å². The first-order chi connectivity index (χ1) is 20.6. The van der Waals surface area contributed by atoms with Crippen molar-refractivity contribution in [2.75, 3.05) is 0 Å². The van der Waals surface area contributed by atoms with Gasteiger partial charge in [-0.3, -0.25) is 10.2 Å². The number of nitrogens with one attached hydrogen (secondary N) is 2. The third-order valence-corrected chi connectivity index (χ3v) is 7.73. The number of aromatic nitrogens is 3. The molecule has 0 atom stereocenters. The molecule has 1 amide bonds. The molecule has 212 valence electrons. The van der Waals surface area contributed by atoms with Gasteiger partial charge >= 0.3 is 0 Å². The molecule has 5 aromatic rings. The second-order valence-corrected chi connectivity index (χ2v) is 10.7. The third kappa shape index (κ3) is 6.67. The molecule has 0 unspecified atom stereocenters. The largest absolute Gasteiger partial charge is 0.344 e. The number of nitrogens with zero attached hydrogens (tertiary/aromatic N) is 5. The number of rotatable bonds is 11. The lowest BCUT2D eigenvalue weighted by Crippen LogP contribution is -2.26. The highest BCUT2D eigenvalue weighted by molar-refractivity contribution is 7.09. The summed E-state index contributed by atoms with van der Waals surface area (Å²) < 4.78 is 2.00. The van der Waals surface area contributed by atoms with E-state index in [0.717, 1.165) is 57.9 Å². The van der Waals surface area contributed by atoms with Crippen molar-refractivity contribution in [1.29, 1.82) is 5.41 Å². The topological polar surface area (TPSA) is 134 Å². The summed E-state index contributed by atoms with van der Waals surface area (Å²) in [5.41, 5.74) is 6.08. The Bertz CT molecular complexity index is 1680. The Morgan fingerprint density at radius 2 is 1.81 bits per heavy atom. The number of amidine groups is 1. The molecule has 0 radical (unpaired) electrons. The fourth-order valence-electron chi connectivity index (χ4n) is 4.78. The van der Waals surface area contributed by atoms with Crippen LogP contribution in [-0.4, -0.2) is 26.3 Å². The van der Waals surface area contributed by atoms with E-state index in [4.69, 9.17) is 11.3 Å². The van der Waals surface area contributed by atoms with E-state index in [2.05, 4.69) is 50.7 Å². The molecule has 0 saturated carbocycles. The average molecular weight is 577 g/mol. The molecular weight excluding hydrogens is 544 g/mol. The van der Waals surface area contributed by atoms with E-state index in [1.165, 1.54) is 11.3 Å². The fraction of sp³-hybridized carbons (Fsp3) is 0.188. The van der Waals surface area contributed by atoms with Gasteiger partial charge in [0.05, 0.1) is 12.7 Å². The number of hydrogen-bond donors (Lipinski definition) is 3. The monoisotopic (exact) mass is 576 g/mol. The van der Waals surface area contributed by atoms with Gasteiger partial charge in [0, 0.05) is 30.1 Å². The molecule has 0 aliphatic heterocycles. The normalized spacial score (nSPS) is 11.2. The van der Waals surface area contributed by atoms with Crippen molar-refractivity contribution in [2.24, 2.45) is 16.2 Å². The average Bonchev–Trinajstić information content (AvgIpc) is 3.70. The van der Waals surface area contributed by atoms with Crippen LogP contribution in [0.4, 0.5) is 0 Å². The summed E-state index contributed by atoms with van der Waals surface area (Å²) >= 11 is 1.51. The number of aryl methyl sites for hydroxylation is 1. The first-order valence-corrected chi connectivity index (χ1v) is 14.6. The molecule has 0 spiro atoms. The van der Waals surface area contributed by atoms with E-state index < -0.39 is 0 Å². The molecule has 0 saturated heterocycles. The van der Waals surface area contributed by atoms with Gasteiger partial charge in [-0.15, -0.1) is 16.5 Å². The molecular formula is C32H32N8OS. The lowest BCUT2D eigenvalue weighted by atomic mass is 9.93. The second kappa shape index (κ2) is 13.6. The molecule has 0 aliphatic carbocycles. The van der Waals surface area contributed by atoms with Crippen LogP contribution in [0.3, 0.4) is 0 Å². The second-order valence-electron chi connectivity index (χ2n) is 9.75. The molecule has 10 heteroatoms. The number of carbonyl (C=O) groups is 1. The number of thiazole rings is 1. The number of nitrogens with two attached hydrogens (primary N) is 1. The Balaban J connectivity index is 1.44. The van der Waals surface area contributed by atoms with Crippen LogP contribution in [0.25, 0.3) is 22.3 Å². The smallest absolute Gasteiger partial charge is 0.269 e. The lowest BCUT2D eigenvalue weighted by Gasteiger charge is -2.14. The van der Waals surface area contributed by atoms with Crippen molar-refractivity contribution in [2.45, 2.75) is 39.3 Å². The van der Waals surface area contributed by atoms with Crippen molar-refractivity contribution in [3.8, 4) is 22.3 Å². The SMILES string of the molecule is CCCCc1ncc(C(=O)NCc2nccs2)n1Cc1ccc(-c2cc(-c3ccccc3)ccc2C(=N)/N=N\N)cc1. The molecule has 9 nitrogen and oxygen atoms in total. The zero-order valence-electron chi connectivity index (χ0n) is 23.3. The molecule has 4 N–H and O–H groups in total. The molecule has 0 bridgehead atoms. The standard InChI is InChI=1S/C32H32N8OS/c1-2-3-9-29-36-19-28(32(41)37-20-30-35-16-17-42-30)40(29)21-22-10-12-24(13-11-22)27-18-25(23-7-5-4-6-8-23)14-15-26(27)31(33)38-39-34/h4-8,10-19H,2-3,9,20-21H2,1H3,(H,37,41)(H3,33,34,38). The van der Waals surface area contributed by atoms with E-state index >= 15 is 0 Å². The van der Waals surface area contributed by atoms with Crippen molar-refractivity contribution >= 4 is 23.1 Å². The van der Waals surface area contributed by atoms with Crippen LogP contribution in [0.15, 0.2) is 101 Å². The Morgan fingerprint density at radius 3 is 2.52 bits per heavy atom. The van der Waals surface area contributed by atoms with Gasteiger partial charge < -0.3 is 15.7 Å². The van der Waals surface area contributed by atoms with Gasteiger partial charge in [0.2, 0.25) is 0 Å². The highest BCUT2D eigenvalue weighted by atomic mass is 32.1. The Kier molecular flexibility index (Phi) is 9.25. The number of unbranched alkanes of at least 4 members (excludes halogenated alkanes) is 1. The molecule has 42 heavy (non-hydrogen) atoms. The minimum Gasteiger partial charge on any atom is -0.344 e. The van der Waals surface area contributed by atoms with Crippen LogP contribution in [0.1, 0.15) is 52.2 Å². The van der Waals surface area contributed by atoms with Crippen LogP contribution >= 0.6 is 11.3 Å². The highest BCUT2D eigenvalue weighted by Crippen LogP contribution is 2.31. The number of hydrogen-bond acceptors (Lipinski definition) is 6. The molecule has 0 fully saturated rings.